The van der Waals surface area contributed by atoms with Gasteiger partial charge in [-0.2, -0.15) is 0 Å². The molecule has 0 aliphatic rings. The average molecular weight is 291 g/mol. The molecule has 15 heavy (non-hydrogen) atoms. The highest BCUT2D eigenvalue weighted by atomic mass is 79.9. The van der Waals surface area contributed by atoms with Crippen molar-refractivity contribution in [2.75, 3.05) is 12.0 Å². The molecular weight excluding hydrogens is 276 g/mol. The fourth-order valence-electron chi connectivity index (χ4n) is 1.33. The van der Waals surface area contributed by atoms with Crippen LogP contribution in [0.1, 0.15) is 17.5 Å². The minimum atomic E-state index is -2.81. The lowest BCUT2D eigenvalue weighted by Crippen LogP contribution is -2.03. The SMILES string of the molecule is CS(=O)(=O)CCCc1ccc(CBr)cc1. The highest BCUT2D eigenvalue weighted by Gasteiger charge is 2.01. The van der Waals surface area contributed by atoms with E-state index in [4.69, 9.17) is 0 Å². The van der Waals surface area contributed by atoms with E-state index < -0.39 is 9.84 Å². The van der Waals surface area contributed by atoms with Crippen LogP contribution in [0.3, 0.4) is 0 Å². The molecule has 0 amide bonds. The zero-order valence-electron chi connectivity index (χ0n) is 8.74. The lowest BCUT2D eigenvalue weighted by molar-refractivity contribution is 0.599. The third-order valence-corrected chi connectivity index (χ3v) is 3.84. The Labute approximate surface area is 99.7 Å². The summed E-state index contributed by atoms with van der Waals surface area (Å²) in [6.45, 7) is 0. The van der Waals surface area contributed by atoms with Gasteiger partial charge in [-0.25, -0.2) is 8.42 Å². The number of benzene rings is 1. The minimum Gasteiger partial charge on any atom is -0.229 e. The van der Waals surface area contributed by atoms with Crippen molar-refractivity contribution in [1.82, 2.24) is 0 Å². The molecule has 0 spiro atoms. The first-order valence-electron chi connectivity index (χ1n) is 4.83. The van der Waals surface area contributed by atoms with E-state index in [9.17, 15) is 8.42 Å². The summed E-state index contributed by atoms with van der Waals surface area (Å²) in [7, 11) is -2.81. The fourth-order valence-corrected chi connectivity index (χ4v) is 2.38. The first-order valence-corrected chi connectivity index (χ1v) is 8.01. The summed E-state index contributed by atoms with van der Waals surface area (Å²) in [5.41, 5.74) is 2.44. The maximum atomic E-state index is 10.9. The predicted octanol–water partition coefficient (Wildman–Crippen LogP) is 2.56. The Kier molecular flexibility index (Phi) is 4.80. The van der Waals surface area contributed by atoms with Crippen molar-refractivity contribution in [2.45, 2.75) is 18.2 Å². The highest BCUT2D eigenvalue weighted by Crippen LogP contribution is 2.09. The van der Waals surface area contributed by atoms with Crippen molar-refractivity contribution in [2.24, 2.45) is 0 Å². The highest BCUT2D eigenvalue weighted by molar-refractivity contribution is 9.08. The van der Waals surface area contributed by atoms with Crippen molar-refractivity contribution in [1.29, 1.82) is 0 Å². The van der Waals surface area contributed by atoms with Gasteiger partial charge in [0.25, 0.3) is 0 Å². The lowest BCUT2D eigenvalue weighted by Gasteiger charge is -2.02. The first-order chi connectivity index (χ1) is 7.01. The van der Waals surface area contributed by atoms with Crippen LogP contribution in [0, 0.1) is 0 Å². The topological polar surface area (TPSA) is 34.1 Å². The van der Waals surface area contributed by atoms with Gasteiger partial charge in [-0.3, -0.25) is 0 Å². The van der Waals surface area contributed by atoms with E-state index in [0.717, 1.165) is 11.8 Å². The van der Waals surface area contributed by atoms with Gasteiger partial charge in [0, 0.05) is 11.6 Å². The standard InChI is InChI=1S/C11H15BrO2S/c1-15(13,14)8-2-3-10-4-6-11(9-12)7-5-10/h4-7H,2-3,8-9H2,1H3. The molecule has 0 aromatic heterocycles. The van der Waals surface area contributed by atoms with E-state index in [1.165, 1.54) is 17.4 Å². The van der Waals surface area contributed by atoms with Crippen LogP contribution in [0.15, 0.2) is 24.3 Å². The van der Waals surface area contributed by atoms with E-state index >= 15 is 0 Å². The van der Waals surface area contributed by atoms with Crippen molar-refractivity contribution < 1.29 is 8.42 Å². The smallest absolute Gasteiger partial charge is 0.147 e. The molecule has 0 aliphatic carbocycles. The third kappa shape index (κ3) is 5.33. The molecule has 4 heteroatoms. The van der Waals surface area contributed by atoms with Gasteiger partial charge in [-0.15, -0.1) is 0 Å². The molecule has 0 atom stereocenters. The minimum absolute atomic E-state index is 0.271. The van der Waals surface area contributed by atoms with Gasteiger partial charge in [0.05, 0.1) is 5.75 Å². The van der Waals surface area contributed by atoms with Crippen LogP contribution in [0.5, 0.6) is 0 Å². The van der Waals surface area contributed by atoms with Gasteiger partial charge in [-0.1, -0.05) is 40.2 Å². The summed E-state index contributed by atoms with van der Waals surface area (Å²) in [6, 6.07) is 8.23. The van der Waals surface area contributed by atoms with Crippen molar-refractivity contribution in [3.05, 3.63) is 35.4 Å². The van der Waals surface area contributed by atoms with E-state index in [0.29, 0.717) is 6.42 Å². The van der Waals surface area contributed by atoms with Crippen molar-refractivity contribution in [3.63, 3.8) is 0 Å². The monoisotopic (exact) mass is 290 g/mol. The summed E-state index contributed by atoms with van der Waals surface area (Å²) >= 11 is 3.38. The van der Waals surface area contributed by atoms with Crippen LogP contribution >= 0.6 is 15.9 Å². The molecule has 0 saturated carbocycles. The molecule has 0 bridgehead atoms. The number of sulfone groups is 1. The van der Waals surface area contributed by atoms with Crippen LogP contribution in [0.2, 0.25) is 0 Å². The van der Waals surface area contributed by atoms with Gasteiger partial charge < -0.3 is 0 Å². The molecular formula is C11H15BrO2S. The zero-order valence-corrected chi connectivity index (χ0v) is 11.1. The summed E-state index contributed by atoms with van der Waals surface area (Å²) in [4.78, 5) is 0. The Bertz CT molecular complexity index is 395. The fraction of sp³-hybridized carbons (Fsp3) is 0.455. The van der Waals surface area contributed by atoms with Gasteiger partial charge >= 0.3 is 0 Å². The van der Waals surface area contributed by atoms with Crippen LogP contribution in [-0.4, -0.2) is 20.4 Å². The molecule has 0 aliphatic heterocycles. The second-order valence-corrected chi connectivity index (χ2v) is 6.50. The Morgan fingerprint density at radius 3 is 2.13 bits per heavy atom. The number of rotatable bonds is 5. The summed E-state index contributed by atoms with van der Waals surface area (Å²) in [5, 5.41) is 0.858. The first kappa shape index (κ1) is 12.7. The largest absolute Gasteiger partial charge is 0.229 e. The second-order valence-electron chi connectivity index (χ2n) is 3.68. The normalized spacial score (nSPS) is 11.6. The van der Waals surface area contributed by atoms with E-state index in [1.807, 2.05) is 0 Å². The number of hydrogen-bond donors (Lipinski definition) is 0. The predicted molar refractivity (Wildman–Crippen MR) is 67.1 cm³/mol. The van der Waals surface area contributed by atoms with Crippen molar-refractivity contribution >= 4 is 25.8 Å². The number of aryl methyl sites for hydroxylation is 1. The van der Waals surface area contributed by atoms with Crippen LogP contribution in [-0.2, 0) is 21.6 Å². The second kappa shape index (κ2) is 5.66. The van der Waals surface area contributed by atoms with Crippen LogP contribution in [0.25, 0.3) is 0 Å². The third-order valence-electron chi connectivity index (χ3n) is 2.16. The summed E-state index contributed by atoms with van der Waals surface area (Å²) < 4.78 is 21.8. The van der Waals surface area contributed by atoms with Crippen LogP contribution in [0.4, 0.5) is 0 Å². The van der Waals surface area contributed by atoms with Gasteiger partial charge in [-0.05, 0) is 24.0 Å². The molecule has 0 N–H and O–H groups in total. The maximum Gasteiger partial charge on any atom is 0.147 e. The number of alkyl halides is 1. The zero-order chi connectivity index (χ0) is 11.3. The summed E-state index contributed by atoms with van der Waals surface area (Å²) in [6.07, 6.45) is 2.81. The molecule has 0 unspecified atom stereocenters. The lowest BCUT2D eigenvalue weighted by atomic mass is 10.1. The maximum absolute atomic E-state index is 10.9. The van der Waals surface area contributed by atoms with Crippen molar-refractivity contribution in [3.8, 4) is 0 Å². The molecule has 1 rings (SSSR count). The number of halogens is 1. The molecule has 0 saturated heterocycles. The quantitative estimate of drug-likeness (QED) is 0.781. The van der Waals surface area contributed by atoms with Gasteiger partial charge in [0.15, 0.2) is 0 Å². The Hall–Kier alpha value is -0.350. The van der Waals surface area contributed by atoms with Crippen LogP contribution < -0.4 is 0 Å². The molecule has 84 valence electrons. The van der Waals surface area contributed by atoms with Gasteiger partial charge in [0.2, 0.25) is 0 Å². The van der Waals surface area contributed by atoms with E-state index in [2.05, 4.69) is 40.2 Å². The molecule has 1 aromatic rings. The Morgan fingerprint density at radius 2 is 1.67 bits per heavy atom. The van der Waals surface area contributed by atoms with E-state index in [1.54, 1.807) is 0 Å². The Balaban J connectivity index is 2.45. The average Bonchev–Trinajstić information content (AvgIpc) is 2.17. The van der Waals surface area contributed by atoms with E-state index in [-0.39, 0.29) is 5.75 Å². The number of hydrogen-bond acceptors (Lipinski definition) is 2. The Morgan fingerprint density at radius 1 is 1.13 bits per heavy atom. The molecule has 0 heterocycles. The molecule has 0 radical (unpaired) electrons. The van der Waals surface area contributed by atoms with Gasteiger partial charge in [0.1, 0.15) is 9.84 Å². The molecule has 1 aromatic carbocycles. The molecule has 0 fully saturated rings. The molecule has 2 nitrogen and oxygen atoms in total. The summed E-state index contributed by atoms with van der Waals surface area (Å²) in [5.74, 6) is 0.271.